The Morgan fingerprint density at radius 2 is 2.09 bits per heavy atom. The molecule has 172 valence electrons. The first-order valence-corrected chi connectivity index (χ1v) is 10.8. The van der Waals surface area contributed by atoms with Crippen LogP contribution in [-0.4, -0.2) is 62.9 Å². The summed E-state index contributed by atoms with van der Waals surface area (Å²) in [6.45, 7) is 9.14. The summed E-state index contributed by atoms with van der Waals surface area (Å²) in [6.07, 6.45) is 1.11. The van der Waals surface area contributed by atoms with E-state index < -0.39 is 6.09 Å². The first-order valence-electron chi connectivity index (χ1n) is 10.8. The minimum Gasteiger partial charge on any atom is -0.476 e. The molecule has 1 aliphatic rings. The summed E-state index contributed by atoms with van der Waals surface area (Å²) in [6, 6.07) is 11.9. The number of morpholine rings is 1. The van der Waals surface area contributed by atoms with Gasteiger partial charge in [0.05, 0.1) is 32.1 Å². The van der Waals surface area contributed by atoms with Crippen LogP contribution in [0.4, 0.5) is 16.3 Å². The Kier molecular flexibility index (Phi) is 8.68. The van der Waals surface area contributed by atoms with Gasteiger partial charge in [0.1, 0.15) is 6.61 Å². The van der Waals surface area contributed by atoms with E-state index in [0.717, 1.165) is 24.3 Å². The maximum absolute atomic E-state index is 11.6. The molecule has 0 aliphatic carbocycles. The molecule has 2 N–H and O–H groups in total. The Hall–Kier alpha value is -3.33. The van der Waals surface area contributed by atoms with Gasteiger partial charge in [-0.1, -0.05) is 29.8 Å². The fraction of sp³-hybridized carbons (Fsp3) is 0.435. The van der Waals surface area contributed by atoms with Crippen LogP contribution in [0.5, 0.6) is 5.88 Å². The molecule has 0 saturated carbocycles. The number of alkyl carbamates (subject to hydrolysis) is 1. The first-order chi connectivity index (χ1) is 15.5. The SMILES string of the molecule is Cc1cccc(C=NNc2cc(N3CCOCC3)cc(OCCNC(=O)OC(C)C)n2)c1. The van der Waals surface area contributed by atoms with E-state index in [1.807, 2.05) is 37.3 Å². The highest BCUT2D eigenvalue weighted by Gasteiger charge is 2.14. The van der Waals surface area contributed by atoms with E-state index in [0.29, 0.717) is 31.5 Å². The third-order valence-electron chi connectivity index (χ3n) is 4.56. The van der Waals surface area contributed by atoms with Crippen molar-refractivity contribution in [1.29, 1.82) is 0 Å². The monoisotopic (exact) mass is 441 g/mol. The molecule has 32 heavy (non-hydrogen) atoms. The number of aryl methyl sites for hydroxylation is 1. The van der Waals surface area contributed by atoms with Crippen molar-refractivity contribution in [3.05, 3.63) is 47.5 Å². The zero-order valence-corrected chi connectivity index (χ0v) is 18.8. The molecular formula is C23H31N5O4. The number of ether oxygens (including phenoxy) is 3. The Morgan fingerprint density at radius 1 is 1.28 bits per heavy atom. The van der Waals surface area contributed by atoms with Crippen molar-refractivity contribution >= 4 is 23.8 Å². The first kappa shape index (κ1) is 23.3. The van der Waals surface area contributed by atoms with Gasteiger partial charge in [-0.05, 0) is 26.3 Å². The summed E-state index contributed by atoms with van der Waals surface area (Å²) in [5, 5.41) is 6.97. The van der Waals surface area contributed by atoms with Gasteiger partial charge in [-0.25, -0.2) is 4.79 Å². The van der Waals surface area contributed by atoms with E-state index in [1.54, 1.807) is 20.1 Å². The van der Waals surface area contributed by atoms with Crippen molar-refractivity contribution in [3.8, 4) is 5.88 Å². The zero-order chi connectivity index (χ0) is 22.8. The number of nitrogens with zero attached hydrogens (tertiary/aromatic N) is 3. The smallest absolute Gasteiger partial charge is 0.407 e. The predicted molar refractivity (Wildman–Crippen MR) is 125 cm³/mol. The molecular weight excluding hydrogens is 410 g/mol. The van der Waals surface area contributed by atoms with Crippen molar-refractivity contribution in [2.45, 2.75) is 26.9 Å². The topological polar surface area (TPSA) is 97.3 Å². The number of aromatic nitrogens is 1. The lowest BCUT2D eigenvalue weighted by molar-refractivity contribution is 0.114. The normalized spacial score (nSPS) is 13.9. The van der Waals surface area contributed by atoms with Gasteiger partial charge in [0.15, 0.2) is 5.82 Å². The number of hydrazone groups is 1. The summed E-state index contributed by atoms with van der Waals surface area (Å²) in [7, 11) is 0. The average Bonchev–Trinajstić information content (AvgIpc) is 2.77. The molecule has 1 fully saturated rings. The fourth-order valence-corrected chi connectivity index (χ4v) is 3.11. The van der Waals surface area contributed by atoms with Crippen LogP contribution in [0, 0.1) is 6.92 Å². The molecule has 0 unspecified atom stereocenters. The lowest BCUT2D eigenvalue weighted by Crippen LogP contribution is -2.36. The maximum Gasteiger partial charge on any atom is 0.407 e. The Morgan fingerprint density at radius 3 is 2.84 bits per heavy atom. The highest BCUT2D eigenvalue weighted by molar-refractivity contribution is 5.80. The Labute approximate surface area is 188 Å². The predicted octanol–water partition coefficient (Wildman–Crippen LogP) is 3.19. The number of benzene rings is 1. The molecule has 9 nitrogen and oxygen atoms in total. The van der Waals surface area contributed by atoms with Crippen LogP contribution in [0.15, 0.2) is 41.5 Å². The second-order valence-electron chi connectivity index (χ2n) is 7.66. The number of amides is 1. The summed E-state index contributed by atoms with van der Waals surface area (Å²) in [4.78, 5) is 18.3. The molecule has 0 bridgehead atoms. The van der Waals surface area contributed by atoms with Gasteiger partial charge in [0.2, 0.25) is 5.88 Å². The number of hydrogen-bond donors (Lipinski definition) is 2. The van der Waals surface area contributed by atoms with E-state index in [2.05, 4.69) is 31.8 Å². The number of rotatable bonds is 9. The van der Waals surface area contributed by atoms with E-state index in [4.69, 9.17) is 14.2 Å². The van der Waals surface area contributed by atoms with E-state index in [9.17, 15) is 4.79 Å². The standard InChI is InChI=1S/C23H31N5O4/c1-17(2)32-23(29)24-7-10-31-22-15-20(28-8-11-30-12-9-28)14-21(26-22)27-25-16-19-6-4-5-18(3)13-19/h4-6,13-17H,7-12H2,1-3H3,(H,24,29)(H,26,27). The molecule has 0 spiro atoms. The minimum absolute atomic E-state index is 0.170. The molecule has 1 aromatic carbocycles. The average molecular weight is 442 g/mol. The minimum atomic E-state index is -0.466. The largest absolute Gasteiger partial charge is 0.476 e. The van der Waals surface area contributed by atoms with Crippen LogP contribution < -0.4 is 20.4 Å². The molecule has 0 radical (unpaired) electrons. The third kappa shape index (κ3) is 7.73. The van der Waals surface area contributed by atoms with Crippen LogP contribution in [0.25, 0.3) is 0 Å². The number of carbonyl (C=O) groups excluding carboxylic acids is 1. The summed E-state index contributed by atoms with van der Waals surface area (Å²) in [5.74, 6) is 1.02. The van der Waals surface area contributed by atoms with Gasteiger partial charge in [0, 0.05) is 30.9 Å². The number of hydrogen-bond acceptors (Lipinski definition) is 8. The molecule has 1 aromatic heterocycles. The van der Waals surface area contributed by atoms with Crippen molar-refractivity contribution < 1.29 is 19.0 Å². The molecule has 2 aromatic rings. The van der Waals surface area contributed by atoms with Crippen molar-refractivity contribution in [2.24, 2.45) is 5.10 Å². The maximum atomic E-state index is 11.6. The van der Waals surface area contributed by atoms with E-state index in [-0.39, 0.29) is 12.7 Å². The summed E-state index contributed by atoms with van der Waals surface area (Å²) < 4.78 is 16.3. The Balaban J connectivity index is 1.64. The quantitative estimate of drug-likeness (QED) is 0.350. The van der Waals surface area contributed by atoms with Crippen LogP contribution in [0.3, 0.4) is 0 Å². The highest BCUT2D eigenvalue weighted by atomic mass is 16.6. The molecule has 9 heteroatoms. The molecule has 1 aliphatic heterocycles. The van der Waals surface area contributed by atoms with Crippen molar-refractivity contribution in [3.63, 3.8) is 0 Å². The number of anilines is 2. The lowest BCUT2D eigenvalue weighted by atomic mass is 10.2. The van der Waals surface area contributed by atoms with Gasteiger partial charge in [-0.2, -0.15) is 10.1 Å². The van der Waals surface area contributed by atoms with Crippen molar-refractivity contribution in [2.75, 3.05) is 49.8 Å². The highest BCUT2D eigenvalue weighted by Crippen LogP contribution is 2.24. The van der Waals surface area contributed by atoms with Gasteiger partial charge in [-0.3, -0.25) is 5.43 Å². The van der Waals surface area contributed by atoms with Crippen LogP contribution in [0.2, 0.25) is 0 Å². The van der Waals surface area contributed by atoms with Crippen LogP contribution >= 0.6 is 0 Å². The summed E-state index contributed by atoms with van der Waals surface area (Å²) >= 11 is 0. The number of pyridine rings is 1. The number of nitrogens with one attached hydrogen (secondary N) is 2. The molecule has 1 amide bonds. The molecule has 0 atom stereocenters. The Bertz CT molecular complexity index is 913. The third-order valence-corrected chi connectivity index (χ3v) is 4.56. The van der Waals surface area contributed by atoms with Crippen LogP contribution in [-0.2, 0) is 9.47 Å². The second kappa shape index (κ2) is 11.9. The molecule has 2 heterocycles. The van der Waals surface area contributed by atoms with E-state index in [1.165, 1.54) is 5.56 Å². The van der Waals surface area contributed by atoms with Gasteiger partial charge >= 0.3 is 6.09 Å². The fourth-order valence-electron chi connectivity index (χ4n) is 3.11. The summed E-state index contributed by atoms with van der Waals surface area (Å²) in [5.41, 5.74) is 6.13. The van der Waals surface area contributed by atoms with Crippen LogP contribution in [0.1, 0.15) is 25.0 Å². The van der Waals surface area contributed by atoms with Gasteiger partial charge < -0.3 is 24.4 Å². The van der Waals surface area contributed by atoms with E-state index >= 15 is 0 Å². The molecule has 1 saturated heterocycles. The second-order valence-corrected chi connectivity index (χ2v) is 7.66. The van der Waals surface area contributed by atoms with Crippen molar-refractivity contribution in [1.82, 2.24) is 10.3 Å². The molecule has 3 rings (SSSR count). The van der Waals surface area contributed by atoms with Gasteiger partial charge in [-0.15, -0.1) is 0 Å². The van der Waals surface area contributed by atoms with Gasteiger partial charge in [0.25, 0.3) is 0 Å². The zero-order valence-electron chi connectivity index (χ0n) is 18.8. The lowest BCUT2D eigenvalue weighted by Gasteiger charge is -2.29. The number of carbonyl (C=O) groups is 1.